The third-order valence-corrected chi connectivity index (χ3v) is 4.17. The van der Waals surface area contributed by atoms with Gasteiger partial charge in [0, 0.05) is 18.0 Å². The van der Waals surface area contributed by atoms with Crippen LogP contribution in [0.4, 0.5) is 0 Å². The molecule has 0 N–H and O–H groups in total. The minimum atomic E-state index is -0.111. The molecule has 1 amide bonds. The van der Waals surface area contributed by atoms with Crippen molar-refractivity contribution in [2.24, 2.45) is 0 Å². The molecule has 110 valence electrons. The molecule has 1 aromatic carbocycles. The average molecular weight is 285 g/mol. The Balaban J connectivity index is 1.90. The lowest BCUT2D eigenvalue weighted by Gasteiger charge is -2.33. The summed E-state index contributed by atoms with van der Waals surface area (Å²) in [5.41, 5.74) is 0.601. The van der Waals surface area contributed by atoms with Crippen LogP contribution in [0.2, 0.25) is 0 Å². The lowest BCUT2D eigenvalue weighted by molar-refractivity contribution is -0.135. The quantitative estimate of drug-likeness (QED) is 0.845. The SMILES string of the molecule is CC1CCCCN1C(=O)Cn1ncc(=O)c2ccccc21. The van der Waals surface area contributed by atoms with E-state index in [1.54, 1.807) is 10.7 Å². The Kier molecular flexibility index (Phi) is 3.73. The molecule has 1 aliphatic rings. The van der Waals surface area contributed by atoms with Crippen molar-refractivity contribution in [2.75, 3.05) is 6.54 Å². The molecule has 2 heterocycles. The average Bonchev–Trinajstić information content (AvgIpc) is 2.51. The van der Waals surface area contributed by atoms with Crippen LogP contribution in [0.1, 0.15) is 26.2 Å². The predicted octanol–water partition coefficient (Wildman–Crippen LogP) is 1.80. The Labute approximate surface area is 123 Å². The Morgan fingerprint density at radius 2 is 2.14 bits per heavy atom. The number of amides is 1. The van der Waals surface area contributed by atoms with Gasteiger partial charge in [-0.1, -0.05) is 12.1 Å². The molecular formula is C16H19N3O2. The summed E-state index contributed by atoms with van der Waals surface area (Å²) in [5.74, 6) is 0.0727. The van der Waals surface area contributed by atoms with E-state index >= 15 is 0 Å². The van der Waals surface area contributed by atoms with Gasteiger partial charge in [-0.15, -0.1) is 0 Å². The van der Waals surface area contributed by atoms with Gasteiger partial charge in [0.2, 0.25) is 11.3 Å². The van der Waals surface area contributed by atoms with Crippen LogP contribution in [0, 0.1) is 0 Å². The Morgan fingerprint density at radius 1 is 1.33 bits per heavy atom. The van der Waals surface area contributed by atoms with Crippen LogP contribution >= 0.6 is 0 Å². The molecule has 0 spiro atoms. The highest BCUT2D eigenvalue weighted by Crippen LogP contribution is 2.17. The van der Waals surface area contributed by atoms with Crippen LogP contribution in [0.25, 0.3) is 10.9 Å². The molecule has 1 saturated heterocycles. The number of likely N-dealkylation sites (tertiary alicyclic amines) is 1. The van der Waals surface area contributed by atoms with E-state index < -0.39 is 0 Å². The molecule has 21 heavy (non-hydrogen) atoms. The lowest BCUT2D eigenvalue weighted by Crippen LogP contribution is -2.43. The number of nitrogens with zero attached hydrogens (tertiary/aromatic N) is 3. The molecule has 0 saturated carbocycles. The second-order valence-corrected chi connectivity index (χ2v) is 5.62. The van der Waals surface area contributed by atoms with Gasteiger partial charge in [0.05, 0.1) is 11.7 Å². The van der Waals surface area contributed by atoms with Crippen molar-refractivity contribution in [3.63, 3.8) is 0 Å². The highest BCUT2D eigenvalue weighted by atomic mass is 16.2. The molecular weight excluding hydrogens is 266 g/mol. The van der Waals surface area contributed by atoms with Crippen molar-refractivity contribution in [1.82, 2.24) is 14.7 Å². The minimum absolute atomic E-state index is 0.0727. The summed E-state index contributed by atoms with van der Waals surface area (Å²) >= 11 is 0. The third-order valence-electron chi connectivity index (χ3n) is 4.17. The number of fused-ring (bicyclic) bond motifs is 1. The smallest absolute Gasteiger partial charge is 0.244 e. The van der Waals surface area contributed by atoms with Gasteiger partial charge in [0.25, 0.3) is 0 Å². The predicted molar refractivity (Wildman–Crippen MR) is 81.0 cm³/mol. The van der Waals surface area contributed by atoms with E-state index in [-0.39, 0.29) is 23.9 Å². The van der Waals surface area contributed by atoms with Gasteiger partial charge in [-0.2, -0.15) is 5.10 Å². The van der Waals surface area contributed by atoms with Crippen LogP contribution in [0.15, 0.2) is 35.3 Å². The second kappa shape index (κ2) is 5.68. The number of rotatable bonds is 2. The molecule has 1 atom stereocenters. The summed E-state index contributed by atoms with van der Waals surface area (Å²) in [6, 6.07) is 7.56. The van der Waals surface area contributed by atoms with Crippen molar-refractivity contribution in [3.8, 4) is 0 Å². The van der Waals surface area contributed by atoms with E-state index in [2.05, 4.69) is 12.0 Å². The van der Waals surface area contributed by atoms with E-state index in [0.717, 1.165) is 19.4 Å². The molecule has 1 aromatic heterocycles. The fraction of sp³-hybridized carbons (Fsp3) is 0.438. The maximum atomic E-state index is 12.5. The topological polar surface area (TPSA) is 55.2 Å². The largest absolute Gasteiger partial charge is 0.338 e. The van der Waals surface area contributed by atoms with Gasteiger partial charge in [-0.05, 0) is 38.3 Å². The normalized spacial score (nSPS) is 18.9. The number of hydrogen-bond acceptors (Lipinski definition) is 3. The summed E-state index contributed by atoms with van der Waals surface area (Å²) in [6.45, 7) is 3.09. The molecule has 5 heteroatoms. The van der Waals surface area contributed by atoms with Gasteiger partial charge in [0.1, 0.15) is 6.54 Å². The zero-order valence-electron chi connectivity index (χ0n) is 12.2. The highest BCUT2D eigenvalue weighted by Gasteiger charge is 2.23. The molecule has 0 radical (unpaired) electrons. The van der Waals surface area contributed by atoms with Crippen LogP contribution in [0.3, 0.4) is 0 Å². The van der Waals surface area contributed by atoms with E-state index in [4.69, 9.17) is 0 Å². The van der Waals surface area contributed by atoms with Crippen LogP contribution < -0.4 is 5.43 Å². The second-order valence-electron chi connectivity index (χ2n) is 5.62. The van der Waals surface area contributed by atoms with Gasteiger partial charge in [-0.25, -0.2) is 0 Å². The molecule has 5 nitrogen and oxygen atoms in total. The van der Waals surface area contributed by atoms with E-state index in [0.29, 0.717) is 10.9 Å². The Morgan fingerprint density at radius 3 is 2.95 bits per heavy atom. The standard InChI is InChI=1S/C16H19N3O2/c1-12-6-4-5-9-18(12)16(21)11-19-14-8-3-2-7-13(14)15(20)10-17-19/h2-3,7-8,10,12H,4-6,9,11H2,1H3. The van der Waals surface area contributed by atoms with Crippen molar-refractivity contribution in [2.45, 2.75) is 38.8 Å². The number of piperidine rings is 1. The molecule has 1 aliphatic heterocycles. The molecule has 0 aliphatic carbocycles. The zero-order valence-corrected chi connectivity index (χ0v) is 12.2. The first-order valence-corrected chi connectivity index (χ1v) is 7.41. The summed E-state index contributed by atoms with van der Waals surface area (Å²) < 4.78 is 1.63. The number of carbonyl (C=O) groups excluding carboxylic acids is 1. The monoisotopic (exact) mass is 285 g/mol. The summed E-state index contributed by atoms with van der Waals surface area (Å²) in [7, 11) is 0. The maximum Gasteiger partial charge on any atom is 0.244 e. The van der Waals surface area contributed by atoms with Gasteiger partial charge in [0.15, 0.2) is 0 Å². The van der Waals surface area contributed by atoms with Crippen LogP contribution in [0.5, 0.6) is 0 Å². The van der Waals surface area contributed by atoms with Gasteiger partial charge >= 0.3 is 0 Å². The fourth-order valence-electron chi connectivity index (χ4n) is 2.97. The van der Waals surface area contributed by atoms with E-state index in [1.165, 1.54) is 12.6 Å². The number of carbonyl (C=O) groups is 1. The third kappa shape index (κ3) is 2.68. The number of hydrogen-bond donors (Lipinski definition) is 0. The van der Waals surface area contributed by atoms with Gasteiger partial charge < -0.3 is 4.90 Å². The molecule has 3 rings (SSSR count). The molecule has 2 aromatic rings. The molecule has 1 fully saturated rings. The number of benzene rings is 1. The highest BCUT2D eigenvalue weighted by molar-refractivity contribution is 5.81. The lowest BCUT2D eigenvalue weighted by atomic mass is 10.0. The molecule has 1 unspecified atom stereocenters. The van der Waals surface area contributed by atoms with E-state index in [9.17, 15) is 9.59 Å². The van der Waals surface area contributed by atoms with E-state index in [1.807, 2.05) is 23.1 Å². The summed E-state index contributed by atoms with van der Waals surface area (Å²) in [4.78, 5) is 26.2. The minimum Gasteiger partial charge on any atom is -0.338 e. The van der Waals surface area contributed by atoms with Crippen molar-refractivity contribution in [3.05, 3.63) is 40.7 Å². The van der Waals surface area contributed by atoms with Crippen LogP contribution in [-0.2, 0) is 11.3 Å². The van der Waals surface area contributed by atoms with Crippen LogP contribution in [-0.4, -0.2) is 33.2 Å². The Bertz CT molecular complexity index is 723. The first-order valence-electron chi connectivity index (χ1n) is 7.41. The first kappa shape index (κ1) is 13.8. The number of para-hydroxylation sites is 1. The molecule has 0 bridgehead atoms. The van der Waals surface area contributed by atoms with Crippen molar-refractivity contribution < 1.29 is 4.79 Å². The first-order chi connectivity index (χ1) is 10.2. The number of aromatic nitrogens is 2. The summed E-state index contributed by atoms with van der Waals surface area (Å²) in [6.07, 6.45) is 4.60. The Hall–Kier alpha value is -2.17. The van der Waals surface area contributed by atoms with Crippen molar-refractivity contribution in [1.29, 1.82) is 0 Å². The summed E-state index contributed by atoms with van der Waals surface area (Å²) in [5, 5.41) is 4.73. The van der Waals surface area contributed by atoms with Crippen molar-refractivity contribution >= 4 is 16.8 Å². The zero-order chi connectivity index (χ0) is 14.8. The van der Waals surface area contributed by atoms with Gasteiger partial charge in [-0.3, -0.25) is 14.3 Å². The maximum absolute atomic E-state index is 12.5. The fourth-order valence-corrected chi connectivity index (χ4v) is 2.97.